The molecule has 0 saturated heterocycles. The number of thiophene rings is 1. The van der Waals surface area contributed by atoms with E-state index in [2.05, 4.69) is 17.3 Å². The quantitative estimate of drug-likeness (QED) is 0.880. The number of anilines is 1. The van der Waals surface area contributed by atoms with Gasteiger partial charge in [0.05, 0.1) is 11.1 Å². The summed E-state index contributed by atoms with van der Waals surface area (Å²) in [6.45, 7) is 2.47. The Morgan fingerprint density at radius 1 is 1.56 bits per heavy atom. The Morgan fingerprint density at radius 3 is 2.89 bits per heavy atom. The zero-order valence-electron chi connectivity index (χ0n) is 10.4. The second-order valence-electron chi connectivity index (χ2n) is 3.98. The van der Waals surface area contributed by atoms with Gasteiger partial charge in [0.25, 0.3) is 5.91 Å². The minimum Gasteiger partial charge on any atom is -0.384 e. The van der Waals surface area contributed by atoms with Crippen molar-refractivity contribution in [2.45, 2.75) is 19.9 Å². The van der Waals surface area contributed by atoms with Crippen LogP contribution in [0.15, 0.2) is 18.3 Å². The van der Waals surface area contributed by atoms with Crippen molar-refractivity contribution >= 4 is 23.1 Å². The first-order chi connectivity index (χ1) is 8.61. The summed E-state index contributed by atoms with van der Waals surface area (Å²) < 4.78 is 1.59. The number of nitrogens with one attached hydrogen (secondary N) is 1. The Bertz CT molecular complexity index is 558. The molecule has 0 fully saturated rings. The second-order valence-corrected chi connectivity index (χ2v) is 5.15. The number of aromatic nitrogens is 2. The normalized spacial score (nSPS) is 10.6. The summed E-state index contributed by atoms with van der Waals surface area (Å²) in [5.41, 5.74) is 6.64. The van der Waals surface area contributed by atoms with Gasteiger partial charge >= 0.3 is 0 Å². The Morgan fingerprint density at radius 2 is 2.33 bits per heavy atom. The number of nitrogens with zero attached hydrogens (tertiary/aromatic N) is 2. The predicted molar refractivity (Wildman–Crippen MR) is 72.5 cm³/mol. The number of aryl methyl sites for hydroxylation is 2. The highest BCUT2D eigenvalue weighted by Crippen LogP contribution is 2.17. The number of amides is 1. The van der Waals surface area contributed by atoms with E-state index in [1.165, 1.54) is 16.2 Å². The molecule has 2 aromatic heterocycles. The SMILES string of the molecule is CCc1ccc(C(=O)NCc2cnn(C)c2N)s1. The van der Waals surface area contributed by atoms with Gasteiger partial charge in [-0.3, -0.25) is 9.48 Å². The smallest absolute Gasteiger partial charge is 0.261 e. The third kappa shape index (κ3) is 2.53. The molecule has 1 amide bonds. The molecule has 0 aliphatic heterocycles. The maximum Gasteiger partial charge on any atom is 0.261 e. The maximum atomic E-state index is 11.9. The average molecular weight is 264 g/mol. The fourth-order valence-corrected chi connectivity index (χ4v) is 2.45. The van der Waals surface area contributed by atoms with E-state index in [4.69, 9.17) is 5.73 Å². The molecule has 2 rings (SSSR count). The molecule has 0 aliphatic carbocycles. The molecule has 0 radical (unpaired) electrons. The van der Waals surface area contributed by atoms with Gasteiger partial charge in [-0.25, -0.2) is 0 Å². The zero-order chi connectivity index (χ0) is 13.1. The van der Waals surface area contributed by atoms with Crippen molar-refractivity contribution in [1.29, 1.82) is 0 Å². The lowest BCUT2D eigenvalue weighted by molar-refractivity contribution is 0.0955. The summed E-state index contributed by atoms with van der Waals surface area (Å²) in [6, 6.07) is 3.84. The summed E-state index contributed by atoms with van der Waals surface area (Å²) in [5, 5.41) is 6.87. The van der Waals surface area contributed by atoms with E-state index >= 15 is 0 Å². The van der Waals surface area contributed by atoms with E-state index in [0.29, 0.717) is 12.4 Å². The number of hydrogen-bond donors (Lipinski definition) is 2. The van der Waals surface area contributed by atoms with Gasteiger partial charge in [-0.15, -0.1) is 11.3 Å². The monoisotopic (exact) mass is 264 g/mol. The number of carbonyl (C=O) groups excluding carboxylic acids is 1. The molecule has 2 heterocycles. The molecule has 6 heteroatoms. The lowest BCUT2D eigenvalue weighted by Crippen LogP contribution is -2.22. The summed E-state index contributed by atoms with van der Waals surface area (Å²) in [7, 11) is 1.77. The highest BCUT2D eigenvalue weighted by Gasteiger charge is 2.10. The van der Waals surface area contributed by atoms with E-state index in [-0.39, 0.29) is 5.91 Å². The molecule has 96 valence electrons. The summed E-state index contributed by atoms with van der Waals surface area (Å²) in [5.74, 6) is 0.513. The molecule has 0 spiro atoms. The Labute approximate surface area is 110 Å². The van der Waals surface area contributed by atoms with Gasteiger partial charge in [0, 0.05) is 24.0 Å². The summed E-state index contributed by atoms with van der Waals surface area (Å²) >= 11 is 1.52. The van der Waals surface area contributed by atoms with Crippen LogP contribution in [0.2, 0.25) is 0 Å². The van der Waals surface area contributed by atoms with Crippen molar-refractivity contribution in [2.24, 2.45) is 7.05 Å². The predicted octanol–water partition coefficient (Wildman–Crippen LogP) is 1.56. The van der Waals surface area contributed by atoms with Crippen molar-refractivity contribution in [3.05, 3.63) is 33.6 Å². The fraction of sp³-hybridized carbons (Fsp3) is 0.333. The molecule has 0 atom stereocenters. The number of rotatable bonds is 4. The Hall–Kier alpha value is -1.82. The van der Waals surface area contributed by atoms with Crippen LogP contribution in [0.1, 0.15) is 27.0 Å². The van der Waals surface area contributed by atoms with E-state index in [0.717, 1.165) is 16.9 Å². The van der Waals surface area contributed by atoms with Crippen LogP contribution in [0.5, 0.6) is 0 Å². The Balaban J connectivity index is 1.98. The number of carbonyl (C=O) groups is 1. The minimum absolute atomic E-state index is 0.0667. The van der Waals surface area contributed by atoms with Crippen LogP contribution in [0.4, 0.5) is 5.82 Å². The van der Waals surface area contributed by atoms with Gasteiger partial charge in [-0.05, 0) is 18.6 Å². The van der Waals surface area contributed by atoms with Crippen LogP contribution < -0.4 is 11.1 Å². The molecule has 18 heavy (non-hydrogen) atoms. The molecule has 0 saturated carbocycles. The third-order valence-electron chi connectivity index (χ3n) is 2.74. The average Bonchev–Trinajstić information content (AvgIpc) is 2.96. The fourth-order valence-electron chi connectivity index (χ4n) is 1.58. The third-order valence-corrected chi connectivity index (χ3v) is 3.97. The van der Waals surface area contributed by atoms with Crippen LogP contribution >= 0.6 is 11.3 Å². The molecule has 0 aliphatic rings. The van der Waals surface area contributed by atoms with Gasteiger partial charge in [0.2, 0.25) is 0 Å². The molecule has 0 unspecified atom stereocenters. The topological polar surface area (TPSA) is 72.9 Å². The molecule has 3 N–H and O–H groups in total. The highest BCUT2D eigenvalue weighted by atomic mass is 32.1. The van der Waals surface area contributed by atoms with Gasteiger partial charge in [-0.1, -0.05) is 6.92 Å². The van der Waals surface area contributed by atoms with Crippen LogP contribution in [0, 0.1) is 0 Å². The highest BCUT2D eigenvalue weighted by molar-refractivity contribution is 7.14. The molecular formula is C12H16N4OS. The second kappa shape index (κ2) is 5.22. The van der Waals surface area contributed by atoms with Gasteiger partial charge in [-0.2, -0.15) is 5.10 Å². The van der Waals surface area contributed by atoms with Crippen molar-refractivity contribution < 1.29 is 4.79 Å². The van der Waals surface area contributed by atoms with Crippen molar-refractivity contribution in [1.82, 2.24) is 15.1 Å². The van der Waals surface area contributed by atoms with Gasteiger partial charge in [0.1, 0.15) is 5.82 Å². The maximum absolute atomic E-state index is 11.9. The standard InChI is InChI=1S/C12H16N4OS/c1-3-9-4-5-10(18-9)12(17)14-6-8-7-15-16(2)11(8)13/h4-5,7H,3,6,13H2,1-2H3,(H,14,17). The molecular weight excluding hydrogens is 248 g/mol. The van der Waals surface area contributed by atoms with E-state index in [1.54, 1.807) is 17.9 Å². The molecule has 0 aromatic carbocycles. The minimum atomic E-state index is -0.0667. The number of hydrogen-bond acceptors (Lipinski definition) is 4. The lowest BCUT2D eigenvalue weighted by Gasteiger charge is -2.03. The van der Waals surface area contributed by atoms with E-state index in [1.807, 2.05) is 12.1 Å². The zero-order valence-corrected chi connectivity index (χ0v) is 11.3. The summed E-state index contributed by atoms with van der Waals surface area (Å²) in [6.07, 6.45) is 2.62. The first-order valence-electron chi connectivity index (χ1n) is 5.75. The largest absolute Gasteiger partial charge is 0.384 e. The van der Waals surface area contributed by atoms with Crippen LogP contribution in [-0.2, 0) is 20.0 Å². The van der Waals surface area contributed by atoms with E-state index < -0.39 is 0 Å². The van der Waals surface area contributed by atoms with E-state index in [9.17, 15) is 4.79 Å². The van der Waals surface area contributed by atoms with Crippen molar-refractivity contribution in [3.63, 3.8) is 0 Å². The van der Waals surface area contributed by atoms with Crippen LogP contribution in [-0.4, -0.2) is 15.7 Å². The number of nitrogen functional groups attached to an aromatic ring is 1. The summed E-state index contributed by atoms with van der Waals surface area (Å²) in [4.78, 5) is 13.8. The van der Waals surface area contributed by atoms with Crippen molar-refractivity contribution in [3.8, 4) is 0 Å². The lowest BCUT2D eigenvalue weighted by atomic mass is 10.3. The van der Waals surface area contributed by atoms with Crippen LogP contribution in [0.25, 0.3) is 0 Å². The van der Waals surface area contributed by atoms with Crippen molar-refractivity contribution in [2.75, 3.05) is 5.73 Å². The first kappa shape index (κ1) is 12.6. The molecule has 0 bridgehead atoms. The molecule has 5 nitrogen and oxygen atoms in total. The van der Waals surface area contributed by atoms with Gasteiger partial charge in [0.15, 0.2) is 0 Å². The Kier molecular flexibility index (Phi) is 3.66. The van der Waals surface area contributed by atoms with Crippen LogP contribution in [0.3, 0.4) is 0 Å². The van der Waals surface area contributed by atoms with Gasteiger partial charge < -0.3 is 11.1 Å². The first-order valence-corrected chi connectivity index (χ1v) is 6.56. The number of nitrogens with two attached hydrogens (primary N) is 1. The molecule has 2 aromatic rings.